The highest BCUT2D eigenvalue weighted by molar-refractivity contribution is 7.17. The number of carboxylic acid groups (broad SMARTS) is 1. The van der Waals surface area contributed by atoms with E-state index in [0.29, 0.717) is 17.2 Å². The number of hydrogen-bond acceptors (Lipinski definition) is 5. The molecule has 0 spiro atoms. The third kappa shape index (κ3) is 3.43. The molecular weight excluding hydrogens is 342 g/mol. The largest absolute Gasteiger partial charge is 0.478 e. The van der Waals surface area contributed by atoms with Gasteiger partial charge in [0.2, 0.25) is 5.91 Å². The highest BCUT2D eigenvalue weighted by Crippen LogP contribution is 2.21. The maximum Gasteiger partial charge on any atom is 0.337 e. The molecule has 8 heteroatoms. The molecule has 0 fully saturated rings. The van der Waals surface area contributed by atoms with Crippen molar-refractivity contribution in [3.05, 3.63) is 63.0 Å². The third-order valence-electron chi connectivity index (χ3n) is 3.75. The summed E-state index contributed by atoms with van der Waals surface area (Å²) in [6.45, 7) is 1.75. The Labute approximate surface area is 146 Å². The van der Waals surface area contributed by atoms with Crippen LogP contribution in [-0.2, 0) is 17.9 Å². The number of nitrogens with zero attached hydrogens (tertiary/aromatic N) is 2. The Morgan fingerprint density at radius 2 is 2.00 bits per heavy atom. The standard InChI is InChI=1S/C17H15N3O4S/c1-10-19-15-14(12(9-25-15)17(23)24)16(22)20(10)8-13(21)18-7-11-5-3-2-4-6-11/h2-6,9H,7-8H2,1H3,(H,18,21)(H,23,24). The Morgan fingerprint density at radius 1 is 1.28 bits per heavy atom. The molecule has 2 heterocycles. The van der Waals surface area contributed by atoms with E-state index in [1.54, 1.807) is 6.92 Å². The summed E-state index contributed by atoms with van der Waals surface area (Å²) < 4.78 is 1.20. The molecule has 0 unspecified atom stereocenters. The van der Waals surface area contributed by atoms with Gasteiger partial charge in [-0.05, 0) is 12.5 Å². The number of fused-ring (bicyclic) bond motifs is 1. The number of rotatable bonds is 5. The summed E-state index contributed by atoms with van der Waals surface area (Å²) in [5.41, 5.74) is 0.339. The van der Waals surface area contributed by atoms with Crippen LogP contribution >= 0.6 is 11.3 Å². The average molecular weight is 357 g/mol. The van der Waals surface area contributed by atoms with E-state index in [9.17, 15) is 19.5 Å². The maximum absolute atomic E-state index is 12.6. The molecule has 0 radical (unpaired) electrons. The first-order chi connectivity index (χ1) is 12.0. The van der Waals surface area contributed by atoms with E-state index in [1.807, 2.05) is 30.3 Å². The van der Waals surface area contributed by atoms with E-state index in [0.717, 1.165) is 16.9 Å². The molecule has 0 saturated carbocycles. The maximum atomic E-state index is 12.6. The highest BCUT2D eigenvalue weighted by Gasteiger charge is 2.19. The zero-order valence-corrected chi connectivity index (χ0v) is 14.2. The number of nitrogens with one attached hydrogen (secondary N) is 1. The van der Waals surface area contributed by atoms with Gasteiger partial charge >= 0.3 is 5.97 Å². The van der Waals surface area contributed by atoms with Crippen molar-refractivity contribution >= 4 is 33.4 Å². The van der Waals surface area contributed by atoms with Crippen molar-refractivity contribution in [1.82, 2.24) is 14.9 Å². The second-order valence-electron chi connectivity index (χ2n) is 5.45. The fourth-order valence-corrected chi connectivity index (χ4v) is 3.41. The van der Waals surface area contributed by atoms with Crippen LogP contribution in [-0.4, -0.2) is 26.5 Å². The lowest BCUT2D eigenvalue weighted by molar-refractivity contribution is -0.121. The van der Waals surface area contributed by atoms with Gasteiger partial charge in [-0.25, -0.2) is 9.78 Å². The van der Waals surface area contributed by atoms with Gasteiger partial charge in [-0.2, -0.15) is 0 Å². The minimum absolute atomic E-state index is 0.0407. The van der Waals surface area contributed by atoms with Crippen molar-refractivity contribution in [3.8, 4) is 0 Å². The fraction of sp³-hybridized carbons (Fsp3) is 0.176. The number of carbonyl (C=O) groups excluding carboxylic acids is 1. The van der Waals surface area contributed by atoms with Crippen molar-refractivity contribution in [2.45, 2.75) is 20.0 Å². The van der Waals surface area contributed by atoms with Crippen molar-refractivity contribution in [3.63, 3.8) is 0 Å². The number of aromatic nitrogens is 2. The van der Waals surface area contributed by atoms with E-state index in [2.05, 4.69) is 10.3 Å². The van der Waals surface area contributed by atoms with Crippen LogP contribution in [0.3, 0.4) is 0 Å². The van der Waals surface area contributed by atoms with Gasteiger partial charge in [0.05, 0.1) is 10.9 Å². The molecule has 1 aromatic carbocycles. The molecule has 128 valence electrons. The van der Waals surface area contributed by atoms with Crippen molar-refractivity contribution in [2.75, 3.05) is 0 Å². The van der Waals surface area contributed by atoms with Gasteiger partial charge < -0.3 is 10.4 Å². The van der Waals surface area contributed by atoms with Crippen LogP contribution < -0.4 is 10.9 Å². The Balaban J connectivity index is 1.85. The molecule has 7 nitrogen and oxygen atoms in total. The lowest BCUT2D eigenvalue weighted by Crippen LogP contribution is -2.33. The second kappa shape index (κ2) is 6.86. The number of carbonyl (C=O) groups is 2. The Bertz CT molecular complexity index is 1010. The fourth-order valence-electron chi connectivity index (χ4n) is 2.47. The first-order valence-corrected chi connectivity index (χ1v) is 8.38. The van der Waals surface area contributed by atoms with E-state index in [-0.39, 0.29) is 23.4 Å². The van der Waals surface area contributed by atoms with Gasteiger partial charge in [-0.15, -0.1) is 11.3 Å². The van der Waals surface area contributed by atoms with E-state index < -0.39 is 11.5 Å². The molecule has 1 amide bonds. The summed E-state index contributed by atoms with van der Waals surface area (Å²) in [6.07, 6.45) is 0. The highest BCUT2D eigenvalue weighted by atomic mass is 32.1. The number of hydrogen-bond donors (Lipinski definition) is 2. The molecule has 0 aliphatic heterocycles. The van der Waals surface area contributed by atoms with Crippen molar-refractivity contribution < 1.29 is 14.7 Å². The zero-order chi connectivity index (χ0) is 18.0. The Kier molecular flexibility index (Phi) is 4.62. The molecule has 2 aromatic heterocycles. The topological polar surface area (TPSA) is 101 Å². The first kappa shape index (κ1) is 16.8. The van der Waals surface area contributed by atoms with Crippen LogP contribution in [0.25, 0.3) is 10.2 Å². The number of carboxylic acids is 1. The van der Waals surface area contributed by atoms with Crippen LogP contribution in [0.4, 0.5) is 0 Å². The van der Waals surface area contributed by atoms with Gasteiger partial charge in [0, 0.05) is 11.9 Å². The Hall–Kier alpha value is -3.00. The Morgan fingerprint density at radius 3 is 2.68 bits per heavy atom. The van der Waals surface area contributed by atoms with E-state index in [1.165, 1.54) is 9.95 Å². The third-order valence-corrected chi connectivity index (χ3v) is 4.62. The minimum Gasteiger partial charge on any atom is -0.478 e. The average Bonchev–Trinajstić information content (AvgIpc) is 3.02. The van der Waals surface area contributed by atoms with E-state index in [4.69, 9.17) is 0 Å². The number of benzene rings is 1. The normalized spacial score (nSPS) is 10.8. The zero-order valence-electron chi connectivity index (χ0n) is 13.4. The van der Waals surface area contributed by atoms with Crippen molar-refractivity contribution in [2.24, 2.45) is 0 Å². The quantitative estimate of drug-likeness (QED) is 0.725. The molecular formula is C17H15N3O4S. The van der Waals surface area contributed by atoms with Crippen molar-refractivity contribution in [1.29, 1.82) is 0 Å². The summed E-state index contributed by atoms with van der Waals surface area (Å²) in [7, 11) is 0. The second-order valence-corrected chi connectivity index (χ2v) is 6.31. The van der Waals surface area contributed by atoms with Gasteiger partial charge in [0.15, 0.2) is 0 Å². The predicted molar refractivity (Wildman–Crippen MR) is 93.9 cm³/mol. The summed E-state index contributed by atoms with van der Waals surface area (Å²) in [5.74, 6) is -1.16. The molecule has 3 rings (SSSR count). The number of amides is 1. The molecule has 0 aliphatic rings. The monoisotopic (exact) mass is 357 g/mol. The summed E-state index contributed by atoms with van der Waals surface area (Å²) >= 11 is 1.10. The molecule has 25 heavy (non-hydrogen) atoms. The van der Waals surface area contributed by atoms with Gasteiger partial charge in [-0.1, -0.05) is 30.3 Å². The SMILES string of the molecule is Cc1nc2scc(C(=O)O)c2c(=O)n1CC(=O)NCc1ccccc1. The smallest absolute Gasteiger partial charge is 0.337 e. The first-order valence-electron chi connectivity index (χ1n) is 7.50. The van der Waals surface area contributed by atoms with Gasteiger partial charge in [0.1, 0.15) is 17.2 Å². The van der Waals surface area contributed by atoms with Crippen LogP contribution in [0.2, 0.25) is 0 Å². The number of thiophene rings is 1. The lowest BCUT2D eigenvalue weighted by Gasteiger charge is -2.10. The van der Waals surface area contributed by atoms with Crippen LogP contribution in [0, 0.1) is 6.92 Å². The van der Waals surface area contributed by atoms with Crippen LogP contribution in [0.15, 0.2) is 40.5 Å². The molecule has 0 bridgehead atoms. The number of aryl methyl sites for hydroxylation is 1. The van der Waals surface area contributed by atoms with Crippen LogP contribution in [0.5, 0.6) is 0 Å². The minimum atomic E-state index is -1.19. The molecule has 0 atom stereocenters. The molecule has 2 N–H and O–H groups in total. The van der Waals surface area contributed by atoms with Crippen LogP contribution in [0.1, 0.15) is 21.7 Å². The summed E-state index contributed by atoms with van der Waals surface area (Å²) in [4.78, 5) is 40.7. The molecule has 3 aromatic rings. The molecule has 0 saturated heterocycles. The summed E-state index contributed by atoms with van der Waals surface area (Å²) in [6, 6.07) is 9.40. The molecule has 0 aliphatic carbocycles. The number of aromatic carboxylic acids is 1. The van der Waals surface area contributed by atoms with E-state index >= 15 is 0 Å². The predicted octanol–water partition coefficient (Wildman–Crippen LogP) is 1.78. The van der Waals surface area contributed by atoms with Gasteiger partial charge in [0.25, 0.3) is 5.56 Å². The van der Waals surface area contributed by atoms with Gasteiger partial charge in [-0.3, -0.25) is 14.2 Å². The summed E-state index contributed by atoms with van der Waals surface area (Å²) in [5, 5.41) is 13.4. The lowest BCUT2D eigenvalue weighted by atomic mass is 10.2.